The Hall–Kier alpha value is -3.48. The van der Waals surface area contributed by atoms with Gasteiger partial charge in [0.25, 0.3) is 0 Å². The molecule has 1 aliphatic heterocycles. The standard InChI is InChI=1S/C23H25N7/c1-16-6-4-5-7-22(16)29-14-19(13-25-29)21-8-10-24-23(26-21)28-11-9-20(15-28)30-18(3)12-17(2)27-30/h4-8,10,12-14,20H,9,11,15H2,1-3H3/t20-/m1/s1. The Labute approximate surface area is 176 Å². The topological polar surface area (TPSA) is 64.7 Å². The quantitative estimate of drug-likeness (QED) is 0.521. The van der Waals surface area contributed by atoms with Crippen molar-refractivity contribution in [3.05, 3.63) is 71.9 Å². The first-order valence-electron chi connectivity index (χ1n) is 10.3. The SMILES string of the molecule is Cc1cc(C)n([C@@H]2CCN(c3nccc(-c4cnn(-c5ccccc5C)c4)n3)C2)n1. The summed E-state index contributed by atoms with van der Waals surface area (Å²) in [7, 11) is 0. The lowest BCUT2D eigenvalue weighted by atomic mass is 10.2. The van der Waals surface area contributed by atoms with E-state index in [1.54, 1.807) is 0 Å². The summed E-state index contributed by atoms with van der Waals surface area (Å²) in [5.74, 6) is 0.764. The van der Waals surface area contributed by atoms with Gasteiger partial charge in [-0.25, -0.2) is 14.6 Å². The fraction of sp³-hybridized carbons (Fsp3) is 0.304. The number of rotatable bonds is 4. The predicted octanol–water partition coefficient (Wildman–Crippen LogP) is 3.90. The van der Waals surface area contributed by atoms with Gasteiger partial charge in [-0.15, -0.1) is 0 Å². The van der Waals surface area contributed by atoms with Crippen molar-refractivity contribution in [3.63, 3.8) is 0 Å². The molecule has 3 aromatic heterocycles. The summed E-state index contributed by atoms with van der Waals surface area (Å²) in [6.07, 6.45) is 6.76. The number of hydrogen-bond acceptors (Lipinski definition) is 5. The summed E-state index contributed by atoms with van der Waals surface area (Å²) >= 11 is 0. The maximum Gasteiger partial charge on any atom is 0.225 e. The number of anilines is 1. The second-order valence-corrected chi connectivity index (χ2v) is 7.96. The van der Waals surface area contributed by atoms with Crippen LogP contribution in [0.4, 0.5) is 5.95 Å². The summed E-state index contributed by atoms with van der Waals surface area (Å²) in [6.45, 7) is 8.04. The summed E-state index contributed by atoms with van der Waals surface area (Å²) in [5, 5.41) is 9.21. The molecule has 0 unspecified atom stereocenters. The first-order valence-corrected chi connectivity index (χ1v) is 10.3. The van der Waals surface area contributed by atoms with Gasteiger partial charge in [-0.05, 0) is 51.0 Å². The van der Waals surface area contributed by atoms with Crippen LogP contribution in [-0.4, -0.2) is 42.6 Å². The molecule has 1 atom stereocenters. The molecule has 1 fully saturated rings. The predicted molar refractivity (Wildman–Crippen MR) is 117 cm³/mol. The zero-order valence-electron chi connectivity index (χ0n) is 17.5. The largest absolute Gasteiger partial charge is 0.339 e. The van der Waals surface area contributed by atoms with Crippen molar-refractivity contribution >= 4 is 5.95 Å². The van der Waals surface area contributed by atoms with E-state index in [9.17, 15) is 0 Å². The van der Waals surface area contributed by atoms with Crippen molar-refractivity contribution in [2.24, 2.45) is 0 Å². The van der Waals surface area contributed by atoms with Crippen LogP contribution in [0.2, 0.25) is 0 Å². The van der Waals surface area contributed by atoms with Gasteiger partial charge in [0, 0.05) is 36.7 Å². The van der Waals surface area contributed by atoms with Crippen LogP contribution in [-0.2, 0) is 0 Å². The van der Waals surface area contributed by atoms with Crippen LogP contribution < -0.4 is 4.90 Å². The number of aromatic nitrogens is 6. The van der Waals surface area contributed by atoms with Crippen LogP contribution in [0.3, 0.4) is 0 Å². The minimum Gasteiger partial charge on any atom is -0.339 e. The lowest BCUT2D eigenvalue weighted by Crippen LogP contribution is -2.23. The highest BCUT2D eigenvalue weighted by Gasteiger charge is 2.27. The lowest BCUT2D eigenvalue weighted by molar-refractivity contribution is 0.480. The van der Waals surface area contributed by atoms with Gasteiger partial charge < -0.3 is 4.90 Å². The molecule has 5 rings (SSSR count). The Morgan fingerprint density at radius 3 is 2.73 bits per heavy atom. The van der Waals surface area contributed by atoms with Gasteiger partial charge in [0.2, 0.25) is 5.95 Å². The Morgan fingerprint density at radius 1 is 1.07 bits per heavy atom. The minimum atomic E-state index is 0.356. The maximum absolute atomic E-state index is 4.84. The second-order valence-electron chi connectivity index (χ2n) is 7.96. The second kappa shape index (κ2) is 7.40. The van der Waals surface area contributed by atoms with Gasteiger partial charge >= 0.3 is 0 Å². The van der Waals surface area contributed by atoms with Gasteiger partial charge in [-0.2, -0.15) is 10.2 Å². The molecule has 4 heterocycles. The van der Waals surface area contributed by atoms with Crippen molar-refractivity contribution < 1.29 is 0 Å². The lowest BCUT2D eigenvalue weighted by Gasteiger charge is -2.17. The molecular weight excluding hydrogens is 374 g/mol. The van der Waals surface area contributed by atoms with Crippen molar-refractivity contribution in [1.29, 1.82) is 0 Å². The smallest absolute Gasteiger partial charge is 0.225 e. The van der Waals surface area contributed by atoms with Crippen molar-refractivity contribution in [2.75, 3.05) is 18.0 Å². The number of aryl methyl sites for hydroxylation is 3. The Bertz CT molecular complexity index is 1190. The molecule has 0 saturated carbocycles. The molecule has 30 heavy (non-hydrogen) atoms. The van der Waals surface area contributed by atoms with E-state index in [2.05, 4.69) is 56.8 Å². The van der Waals surface area contributed by atoms with Crippen LogP contribution in [0.25, 0.3) is 16.9 Å². The molecule has 0 bridgehead atoms. The van der Waals surface area contributed by atoms with E-state index < -0.39 is 0 Å². The number of hydrogen-bond donors (Lipinski definition) is 0. The molecule has 152 valence electrons. The molecule has 1 aromatic carbocycles. The fourth-order valence-electron chi connectivity index (χ4n) is 4.21. The average molecular weight is 400 g/mol. The van der Waals surface area contributed by atoms with E-state index in [4.69, 9.17) is 4.98 Å². The van der Waals surface area contributed by atoms with Crippen molar-refractivity contribution in [2.45, 2.75) is 33.2 Å². The zero-order valence-corrected chi connectivity index (χ0v) is 17.5. The van der Waals surface area contributed by atoms with Crippen LogP contribution in [0.15, 0.2) is 55.0 Å². The number of nitrogens with zero attached hydrogens (tertiary/aromatic N) is 7. The van der Waals surface area contributed by atoms with E-state index in [-0.39, 0.29) is 0 Å². The highest BCUT2D eigenvalue weighted by atomic mass is 15.4. The van der Waals surface area contributed by atoms with E-state index in [0.29, 0.717) is 6.04 Å². The first kappa shape index (κ1) is 18.5. The summed E-state index contributed by atoms with van der Waals surface area (Å²) in [4.78, 5) is 11.6. The first-order chi connectivity index (χ1) is 14.6. The minimum absolute atomic E-state index is 0.356. The third kappa shape index (κ3) is 3.36. The Balaban J connectivity index is 1.38. The third-order valence-electron chi connectivity index (χ3n) is 5.72. The van der Waals surface area contributed by atoms with Gasteiger partial charge in [-0.3, -0.25) is 4.68 Å². The van der Waals surface area contributed by atoms with Crippen LogP contribution >= 0.6 is 0 Å². The molecule has 0 aliphatic carbocycles. The van der Waals surface area contributed by atoms with E-state index in [0.717, 1.165) is 48.1 Å². The Kier molecular flexibility index (Phi) is 4.58. The van der Waals surface area contributed by atoms with Crippen molar-refractivity contribution in [3.8, 4) is 16.9 Å². The zero-order chi connectivity index (χ0) is 20.7. The monoisotopic (exact) mass is 399 g/mol. The molecule has 4 aromatic rings. The average Bonchev–Trinajstić information content (AvgIpc) is 3.48. The van der Waals surface area contributed by atoms with E-state index in [1.807, 2.05) is 48.4 Å². The highest BCUT2D eigenvalue weighted by molar-refractivity contribution is 5.59. The molecule has 7 nitrogen and oxygen atoms in total. The van der Waals surface area contributed by atoms with Crippen LogP contribution in [0, 0.1) is 20.8 Å². The molecule has 1 aliphatic rings. The summed E-state index contributed by atoms with van der Waals surface area (Å²) < 4.78 is 4.05. The molecule has 0 radical (unpaired) electrons. The summed E-state index contributed by atoms with van der Waals surface area (Å²) in [5.41, 5.74) is 6.39. The molecule has 1 saturated heterocycles. The number of para-hydroxylation sites is 1. The van der Waals surface area contributed by atoms with Crippen LogP contribution in [0.1, 0.15) is 29.4 Å². The van der Waals surface area contributed by atoms with Gasteiger partial charge in [0.1, 0.15) is 0 Å². The molecule has 0 spiro atoms. The highest BCUT2D eigenvalue weighted by Crippen LogP contribution is 2.27. The van der Waals surface area contributed by atoms with Crippen LogP contribution in [0.5, 0.6) is 0 Å². The molecule has 0 N–H and O–H groups in total. The normalized spacial score (nSPS) is 16.4. The molecule has 0 amide bonds. The van der Waals surface area contributed by atoms with Crippen molar-refractivity contribution in [1.82, 2.24) is 29.5 Å². The molecular formula is C23H25N7. The Morgan fingerprint density at radius 2 is 1.93 bits per heavy atom. The van der Waals surface area contributed by atoms with Gasteiger partial charge in [0.05, 0.1) is 29.3 Å². The maximum atomic E-state index is 4.84. The number of benzene rings is 1. The van der Waals surface area contributed by atoms with Gasteiger partial charge in [-0.1, -0.05) is 18.2 Å². The summed E-state index contributed by atoms with van der Waals surface area (Å²) in [6, 6.07) is 12.7. The fourth-order valence-corrected chi connectivity index (χ4v) is 4.21. The van der Waals surface area contributed by atoms with Gasteiger partial charge in [0.15, 0.2) is 0 Å². The van der Waals surface area contributed by atoms with E-state index in [1.165, 1.54) is 11.3 Å². The molecule has 7 heteroatoms. The third-order valence-corrected chi connectivity index (χ3v) is 5.72. The van der Waals surface area contributed by atoms with E-state index >= 15 is 0 Å².